The van der Waals surface area contributed by atoms with Crippen LogP contribution < -0.4 is 15.6 Å². The number of aromatic nitrogens is 2. The number of carbonyl (C=O) groups excluding carboxylic acids is 1. The second kappa shape index (κ2) is 7.81. The molecule has 0 atom stereocenters. The number of rotatable bonds is 7. The number of anilines is 1. The van der Waals surface area contributed by atoms with Crippen molar-refractivity contribution in [3.05, 3.63) is 52.4 Å². The van der Waals surface area contributed by atoms with Gasteiger partial charge in [-0.1, -0.05) is 0 Å². The Bertz CT molecular complexity index is 841. The topological polar surface area (TPSA) is 130 Å². The lowest BCUT2D eigenvalue weighted by atomic mass is 10.3. The summed E-state index contributed by atoms with van der Waals surface area (Å²) in [5.74, 6) is -0.528. The number of benzene rings is 1. The van der Waals surface area contributed by atoms with Crippen molar-refractivity contribution < 1.29 is 17.9 Å². The number of ether oxygens (including phenoxy) is 1. The van der Waals surface area contributed by atoms with Crippen LogP contribution in [0, 0.1) is 0 Å². The number of hydrogen-bond acceptors (Lipinski definition) is 6. The van der Waals surface area contributed by atoms with E-state index in [1.165, 1.54) is 43.5 Å². The zero-order chi connectivity index (χ0) is 17.6. The summed E-state index contributed by atoms with van der Waals surface area (Å²) in [6, 6.07) is 8.11. The van der Waals surface area contributed by atoms with E-state index in [1.807, 2.05) is 0 Å². The molecule has 128 valence electrons. The highest BCUT2D eigenvalue weighted by Crippen LogP contribution is 2.14. The van der Waals surface area contributed by atoms with Gasteiger partial charge in [0.1, 0.15) is 5.69 Å². The highest BCUT2D eigenvalue weighted by Gasteiger charge is 2.14. The van der Waals surface area contributed by atoms with Crippen molar-refractivity contribution in [1.29, 1.82) is 0 Å². The number of sulfonamides is 1. The van der Waals surface area contributed by atoms with E-state index >= 15 is 0 Å². The van der Waals surface area contributed by atoms with Crippen molar-refractivity contribution in [1.82, 2.24) is 14.9 Å². The van der Waals surface area contributed by atoms with Gasteiger partial charge >= 0.3 is 0 Å². The first-order valence-corrected chi connectivity index (χ1v) is 8.36. The molecule has 0 spiro atoms. The van der Waals surface area contributed by atoms with E-state index in [4.69, 9.17) is 4.74 Å². The molecule has 10 heteroatoms. The average molecular weight is 352 g/mol. The van der Waals surface area contributed by atoms with Crippen LogP contribution in [0.4, 0.5) is 5.69 Å². The molecule has 1 heterocycles. The number of nitrogens with zero attached hydrogens (tertiary/aromatic N) is 1. The van der Waals surface area contributed by atoms with Crippen LogP contribution in [0.15, 0.2) is 46.1 Å². The molecule has 0 aliphatic rings. The van der Waals surface area contributed by atoms with Crippen molar-refractivity contribution in [2.24, 2.45) is 0 Å². The van der Waals surface area contributed by atoms with Crippen LogP contribution in [-0.2, 0) is 14.8 Å². The van der Waals surface area contributed by atoms with E-state index in [9.17, 15) is 18.0 Å². The first-order valence-electron chi connectivity index (χ1n) is 6.88. The quantitative estimate of drug-likeness (QED) is 0.599. The first kappa shape index (κ1) is 17.8. The molecule has 0 fully saturated rings. The smallest absolute Gasteiger partial charge is 0.276 e. The Kier molecular flexibility index (Phi) is 5.79. The van der Waals surface area contributed by atoms with Gasteiger partial charge in [0.05, 0.1) is 11.5 Å². The maximum Gasteiger partial charge on any atom is 0.276 e. The van der Waals surface area contributed by atoms with Gasteiger partial charge in [-0.05, 0) is 30.3 Å². The lowest BCUT2D eigenvalue weighted by Crippen LogP contribution is -2.27. The van der Waals surface area contributed by atoms with Gasteiger partial charge in [0.25, 0.3) is 11.5 Å². The van der Waals surface area contributed by atoms with Crippen LogP contribution in [0.1, 0.15) is 10.5 Å². The normalized spacial score (nSPS) is 11.2. The van der Waals surface area contributed by atoms with Crippen molar-refractivity contribution in [3.63, 3.8) is 0 Å². The van der Waals surface area contributed by atoms with Crippen LogP contribution in [0.5, 0.6) is 0 Å². The Balaban J connectivity index is 2.05. The number of methoxy groups -OCH3 is 1. The van der Waals surface area contributed by atoms with Crippen LogP contribution in [0.2, 0.25) is 0 Å². The third-order valence-corrected chi connectivity index (χ3v) is 4.41. The molecule has 1 aromatic carbocycles. The van der Waals surface area contributed by atoms with Gasteiger partial charge in [-0.3, -0.25) is 9.59 Å². The number of amides is 1. The fourth-order valence-corrected chi connectivity index (χ4v) is 2.76. The Labute approximate surface area is 138 Å². The van der Waals surface area contributed by atoms with Gasteiger partial charge in [-0.2, -0.15) is 5.10 Å². The maximum atomic E-state index is 12.0. The largest absolute Gasteiger partial charge is 0.383 e. The Morgan fingerprint density at radius 1 is 1.21 bits per heavy atom. The minimum Gasteiger partial charge on any atom is -0.383 e. The second-order valence-electron chi connectivity index (χ2n) is 4.68. The Morgan fingerprint density at radius 2 is 1.92 bits per heavy atom. The molecule has 0 unspecified atom stereocenters. The molecular weight excluding hydrogens is 336 g/mol. The second-order valence-corrected chi connectivity index (χ2v) is 6.44. The van der Waals surface area contributed by atoms with E-state index in [0.29, 0.717) is 5.69 Å². The molecule has 0 saturated heterocycles. The highest BCUT2D eigenvalue weighted by atomic mass is 32.2. The van der Waals surface area contributed by atoms with Crippen LogP contribution >= 0.6 is 0 Å². The zero-order valence-corrected chi connectivity index (χ0v) is 13.6. The maximum absolute atomic E-state index is 12.0. The molecular formula is C14H16N4O5S. The third-order valence-electron chi connectivity index (χ3n) is 2.93. The van der Waals surface area contributed by atoms with Crippen molar-refractivity contribution in [2.45, 2.75) is 4.90 Å². The number of carbonyl (C=O) groups is 1. The first-order chi connectivity index (χ1) is 11.4. The summed E-state index contributed by atoms with van der Waals surface area (Å²) < 4.78 is 31.2. The van der Waals surface area contributed by atoms with Gasteiger partial charge in [-0.25, -0.2) is 18.2 Å². The summed E-state index contributed by atoms with van der Waals surface area (Å²) in [4.78, 5) is 22.9. The monoisotopic (exact) mass is 352 g/mol. The van der Waals surface area contributed by atoms with Crippen LogP contribution in [-0.4, -0.2) is 44.8 Å². The van der Waals surface area contributed by atoms with Gasteiger partial charge in [-0.15, -0.1) is 0 Å². The van der Waals surface area contributed by atoms with E-state index in [2.05, 4.69) is 20.2 Å². The summed E-state index contributed by atoms with van der Waals surface area (Å²) >= 11 is 0. The fourth-order valence-electron chi connectivity index (χ4n) is 1.74. The van der Waals surface area contributed by atoms with Gasteiger partial charge in [0.2, 0.25) is 10.0 Å². The van der Waals surface area contributed by atoms with Crippen molar-refractivity contribution in [2.75, 3.05) is 25.6 Å². The minimum atomic E-state index is -3.63. The molecule has 9 nitrogen and oxygen atoms in total. The van der Waals surface area contributed by atoms with Gasteiger partial charge in [0, 0.05) is 25.4 Å². The summed E-state index contributed by atoms with van der Waals surface area (Å²) in [5, 5.41) is 8.31. The number of hydrogen-bond donors (Lipinski definition) is 3. The molecule has 2 aromatic rings. The molecule has 3 N–H and O–H groups in total. The average Bonchev–Trinajstić information content (AvgIpc) is 2.56. The molecule has 1 aromatic heterocycles. The van der Waals surface area contributed by atoms with Gasteiger partial charge in [0.15, 0.2) is 0 Å². The zero-order valence-electron chi connectivity index (χ0n) is 12.8. The standard InChI is InChI=1S/C14H16N4O5S/c1-23-9-8-15-24(21,22)11-4-2-10(3-5-11)16-14(20)12-6-7-13(19)18-17-12/h2-7,15H,8-9H2,1H3,(H,16,20)(H,18,19). The van der Waals surface area contributed by atoms with Gasteiger partial charge < -0.3 is 10.1 Å². The fraction of sp³-hybridized carbons (Fsp3) is 0.214. The summed E-state index contributed by atoms with van der Waals surface area (Å²) in [5.41, 5.74) is 0.0125. The van der Waals surface area contributed by atoms with Crippen LogP contribution in [0.3, 0.4) is 0 Å². The minimum absolute atomic E-state index is 0.0348. The highest BCUT2D eigenvalue weighted by molar-refractivity contribution is 7.89. The van der Waals surface area contributed by atoms with E-state index in [0.717, 1.165) is 0 Å². The Morgan fingerprint density at radius 3 is 2.50 bits per heavy atom. The number of H-pyrrole nitrogens is 1. The predicted molar refractivity (Wildman–Crippen MR) is 86.3 cm³/mol. The van der Waals surface area contributed by atoms with Crippen molar-refractivity contribution in [3.8, 4) is 0 Å². The molecule has 1 amide bonds. The van der Waals surface area contributed by atoms with E-state index in [1.54, 1.807) is 0 Å². The predicted octanol–water partition coefficient (Wildman–Crippen LogP) is -0.0531. The molecule has 24 heavy (non-hydrogen) atoms. The Hall–Kier alpha value is -2.56. The summed E-state index contributed by atoms with van der Waals surface area (Å²) in [6.45, 7) is 0.425. The molecule has 0 aliphatic carbocycles. The van der Waals surface area contributed by atoms with E-state index < -0.39 is 21.5 Å². The third kappa shape index (κ3) is 4.72. The number of aromatic amines is 1. The SMILES string of the molecule is COCCNS(=O)(=O)c1ccc(NC(=O)c2ccc(=O)[nH]n2)cc1. The molecule has 0 aliphatic heterocycles. The van der Waals surface area contributed by atoms with Crippen LogP contribution in [0.25, 0.3) is 0 Å². The lowest BCUT2D eigenvalue weighted by molar-refractivity contribution is 0.102. The molecule has 0 saturated carbocycles. The molecule has 0 radical (unpaired) electrons. The number of nitrogens with one attached hydrogen (secondary N) is 3. The summed E-state index contributed by atoms with van der Waals surface area (Å²) in [6.07, 6.45) is 0. The van der Waals surface area contributed by atoms with Crippen molar-refractivity contribution >= 4 is 21.6 Å². The van der Waals surface area contributed by atoms with E-state index in [-0.39, 0.29) is 23.7 Å². The lowest BCUT2D eigenvalue weighted by Gasteiger charge is -2.08. The molecule has 2 rings (SSSR count). The molecule has 0 bridgehead atoms. The summed E-state index contributed by atoms with van der Waals surface area (Å²) in [7, 11) is -2.15.